The molecule has 0 aromatic heterocycles. The van der Waals surface area contributed by atoms with Crippen molar-refractivity contribution in [3.05, 3.63) is 0 Å². The maximum Gasteiger partial charge on any atom is 0.251 e. The number of rotatable bonds is 8. The molecule has 3 nitrogen and oxygen atoms in total. The third-order valence-corrected chi connectivity index (χ3v) is 1.57. The summed E-state index contributed by atoms with van der Waals surface area (Å²) in [6.45, 7) is 3.19. The Bertz CT molecular complexity index is 114. The van der Waals surface area contributed by atoms with Crippen molar-refractivity contribution in [3.63, 3.8) is 0 Å². The summed E-state index contributed by atoms with van der Waals surface area (Å²) in [5.74, 6) is 0. The number of halogens is 2. The normalized spacial score (nSPS) is 11.5. The molecule has 0 aromatic carbocycles. The molecule has 1 N–H and O–H groups in total. The lowest BCUT2D eigenvalue weighted by Gasteiger charge is -2.20. The number of aliphatic hydroxyl groups excluding tert-OH is 1. The molecule has 0 saturated heterocycles. The second kappa shape index (κ2) is 8.34. The first-order valence-electron chi connectivity index (χ1n) is 4.39. The topological polar surface area (TPSA) is 32.7 Å². The lowest BCUT2D eigenvalue weighted by atomic mass is 10.4. The van der Waals surface area contributed by atoms with Gasteiger partial charge in [0.25, 0.3) is 6.43 Å². The SMILES string of the molecule is CCOCCN(CCO)CC(F)F. The van der Waals surface area contributed by atoms with Gasteiger partial charge in [0.2, 0.25) is 0 Å². The van der Waals surface area contributed by atoms with Crippen LogP contribution in [-0.4, -0.2) is 55.9 Å². The second-order valence-electron chi connectivity index (χ2n) is 2.61. The van der Waals surface area contributed by atoms with Gasteiger partial charge in [-0.05, 0) is 6.92 Å². The van der Waals surface area contributed by atoms with E-state index < -0.39 is 6.43 Å². The smallest absolute Gasteiger partial charge is 0.251 e. The van der Waals surface area contributed by atoms with Gasteiger partial charge in [-0.3, -0.25) is 4.90 Å². The van der Waals surface area contributed by atoms with E-state index in [1.54, 1.807) is 0 Å². The minimum atomic E-state index is -2.35. The van der Waals surface area contributed by atoms with Gasteiger partial charge in [-0.15, -0.1) is 0 Å². The average Bonchev–Trinajstić information content (AvgIpc) is 2.04. The molecule has 5 heteroatoms. The summed E-state index contributed by atoms with van der Waals surface area (Å²) in [7, 11) is 0. The quantitative estimate of drug-likeness (QED) is 0.578. The number of nitrogens with zero attached hydrogens (tertiary/aromatic N) is 1. The lowest BCUT2D eigenvalue weighted by molar-refractivity contribution is 0.0541. The molecule has 0 heterocycles. The average molecular weight is 197 g/mol. The van der Waals surface area contributed by atoms with Crippen LogP contribution >= 0.6 is 0 Å². The first-order valence-corrected chi connectivity index (χ1v) is 4.39. The first kappa shape index (κ1) is 12.7. The van der Waals surface area contributed by atoms with Gasteiger partial charge >= 0.3 is 0 Å². The minimum Gasteiger partial charge on any atom is -0.395 e. The summed E-state index contributed by atoms with van der Waals surface area (Å²) in [6.07, 6.45) is -2.35. The van der Waals surface area contributed by atoms with Crippen LogP contribution in [0.4, 0.5) is 8.78 Å². The minimum absolute atomic E-state index is 0.0984. The molecule has 0 aliphatic heterocycles. The van der Waals surface area contributed by atoms with Crippen LogP contribution in [0.3, 0.4) is 0 Å². The molecule has 0 atom stereocenters. The molecular formula is C8H17F2NO2. The Labute approximate surface area is 77.3 Å². The number of hydrogen-bond acceptors (Lipinski definition) is 3. The fraction of sp³-hybridized carbons (Fsp3) is 1.00. The zero-order valence-electron chi connectivity index (χ0n) is 7.88. The van der Waals surface area contributed by atoms with Gasteiger partial charge in [-0.2, -0.15) is 0 Å². The Morgan fingerprint density at radius 3 is 2.54 bits per heavy atom. The molecule has 0 fully saturated rings. The van der Waals surface area contributed by atoms with Crippen molar-refractivity contribution in [2.75, 3.05) is 39.5 Å². The summed E-state index contributed by atoms with van der Waals surface area (Å²) in [5, 5.41) is 8.58. The summed E-state index contributed by atoms with van der Waals surface area (Å²) in [4.78, 5) is 1.49. The van der Waals surface area contributed by atoms with E-state index in [2.05, 4.69) is 0 Å². The predicted molar refractivity (Wildman–Crippen MR) is 46.0 cm³/mol. The lowest BCUT2D eigenvalue weighted by Crippen LogP contribution is -2.34. The van der Waals surface area contributed by atoms with Crippen molar-refractivity contribution in [1.29, 1.82) is 0 Å². The molecule has 0 unspecified atom stereocenters. The largest absolute Gasteiger partial charge is 0.395 e. The van der Waals surface area contributed by atoms with Gasteiger partial charge in [-0.1, -0.05) is 0 Å². The monoisotopic (exact) mass is 197 g/mol. The van der Waals surface area contributed by atoms with Crippen LogP contribution in [0.2, 0.25) is 0 Å². The Balaban J connectivity index is 3.53. The highest BCUT2D eigenvalue weighted by Crippen LogP contribution is 1.97. The van der Waals surface area contributed by atoms with Crippen molar-refractivity contribution >= 4 is 0 Å². The predicted octanol–water partition coefficient (Wildman–Crippen LogP) is 0.582. The summed E-state index contributed by atoms with van der Waals surface area (Å²) in [5.41, 5.74) is 0. The standard InChI is InChI=1S/C8H17F2NO2/c1-2-13-6-4-11(3-5-12)7-8(9)10/h8,12H,2-7H2,1H3. The molecule has 80 valence electrons. The van der Waals surface area contributed by atoms with Gasteiger partial charge < -0.3 is 9.84 Å². The fourth-order valence-corrected chi connectivity index (χ4v) is 0.969. The summed E-state index contributed by atoms with van der Waals surface area (Å²) < 4.78 is 28.9. The van der Waals surface area contributed by atoms with Gasteiger partial charge in [0.15, 0.2) is 0 Å². The van der Waals surface area contributed by atoms with Crippen LogP contribution in [0.15, 0.2) is 0 Å². The number of alkyl halides is 2. The highest BCUT2D eigenvalue weighted by molar-refractivity contribution is 4.57. The van der Waals surface area contributed by atoms with Crippen LogP contribution in [0.1, 0.15) is 6.92 Å². The molecule has 13 heavy (non-hydrogen) atoms. The molecule has 0 saturated carbocycles. The molecule has 0 aliphatic carbocycles. The third-order valence-electron chi connectivity index (χ3n) is 1.57. The Hall–Kier alpha value is -0.260. The van der Waals surface area contributed by atoms with Gasteiger partial charge in [-0.25, -0.2) is 8.78 Å². The van der Waals surface area contributed by atoms with E-state index in [9.17, 15) is 8.78 Å². The van der Waals surface area contributed by atoms with E-state index in [0.29, 0.717) is 19.8 Å². The Morgan fingerprint density at radius 1 is 1.38 bits per heavy atom. The van der Waals surface area contributed by atoms with Crippen LogP contribution in [0.5, 0.6) is 0 Å². The number of ether oxygens (including phenoxy) is 1. The molecule has 0 aliphatic rings. The van der Waals surface area contributed by atoms with E-state index in [0.717, 1.165) is 0 Å². The number of hydrogen-bond donors (Lipinski definition) is 1. The van der Waals surface area contributed by atoms with E-state index in [1.165, 1.54) is 4.90 Å². The van der Waals surface area contributed by atoms with Crippen LogP contribution < -0.4 is 0 Å². The zero-order valence-corrected chi connectivity index (χ0v) is 7.88. The molecule has 0 rings (SSSR count). The zero-order chi connectivity index (χ0) is 10.1. The van der Waals surface area contributed by atoms with Crippen LogP contribution in [0.25, 0.3) is 0 Å². The maximum absolute atomic E-state index is 12.0. The first-order chi connectivity index (χ1) is 6.20. The third kappa shape index (κ3) is 8.08. The van der Waals surface area contributed by atoms with Crippen molar-refractivity contribution in [2.24, 2.45) is 0 Å². The highest BCUT2D eigenvalue weighted by Gasteiger charge is 2.10. The molecule has 0 aromatic rings. The number of aliphatic hydroxyl groups is 1. The molecule has 0 amide bonds. The maximum atomic E-state index is 12.0. The molecule has 0 bridgehead atoms. The van der Waals surface area contributed by atoms with Gasteiger partial charge in [0.1, 0.15) is 0 Å². The highest BCUT2D eigenvalue weighted by atomic mass is 19.3. The Morgan fingerprint density at radius 2 is 2.08 bits per heavy atom. The van der Waals surface area contributed by atoms with Crippen molar-refractivity contribution in [1.82, 2.24) is 4.90 Å². The molecule has 0 spiro atoms. The van der Waals surface area contributed by atoms with Gasteiger partial charge in [0, 0.05) is 19.7 Å². The van der Waals surface area contributed by atoms with Crippen LogP contribution in [-0.2, 0) is 4.74 Å². The van der Waals surface area contributed by atoms with Crippen molar-refractivity contribution in [2.45, 2.75) is 13.3 Å². The Kier molecular flexibility index (Phi) is 8.18. The summed E-state index contributed by atoms with van der Waals surface area (Å²) in [6, 6.07) is 0. The van der Waals surface area contributed by atoms with Gasteiger partial charge in [0.05, 0.1) is 19.8 Å². The van der Waals surface area contributed by atoms with E-state index >= 15 is 0 Å². The van der Waals surface area contributed by atoms with Crippen molar-refractivity contribution < 1.29 is 18.6 Å². The molecular weight excluding hydrogens is 180 g/mol. The van der Waals surface area contributed by atoms with Crippen LogP contribution in [0, 0.1) is 0 Å². The fourth-order valence-electron chi connectivity index (χ4n) is 0.969. The van der Waals surface area contributed by atoms with E-state index in [1.807, 2.05) is 6.92 Å². The summed E-state index contributed by atoms with van der Waals surface area (Å²) >= 11 is 0. The second-order valence-corrected chi connectivity index (χ2v) is 2.61. The van der Waals surface area contributed by atoms with E-state index in [-0.39, 0.29) is 19.7 Å². The van der Waals surface area contributed by atoms with Crippen molar-refractivity contribution in [3.8, 4) is 0 Å². The van der Waals surface area contributed by atoms with E-state index in [4.69, 9.17) is 9.84 Å². The molecule has 0 radical (unpaired) electrons.